The number of carbonyl (C=O) groups excluding carboxylic acids is 1. The molecule has 0 aliphatic heterocycles. The molecule has 3 atom stereocenters. The Morgan fingerprint density at radius 1 is 0.379 bits per heavy atom. The molecule has 392 valence electrons. The number of amides is 1. The SMILES string of the molecule is CCCCCCCCCCC/C=C\C/C=C\CCCCCCCCCCCCCCCCCCCC(=O)NC(CO)C(O)C(O)CCCCCCCCCCCCCCCCCCCCC. The Bertz CT molecular complexity index is 982. The summed E-state index contributed by atoms with van der Waals surface area (Å²) in [5, 5.41) is 33.8. The van der Waals surface area contributed by atoms with Crippen LogP contribution in [-0.4, -0.2) is 46.1 Å². The van der Waals surface area contributed by atoms with Gasteiger partial charge in [-0.05, 0) is 44.9 Å². The molecule has 0 spiro atoms. The number of aliphatic hydroxyl groups excluding tert-OH is 3. The monoisotopic (exact) mass is 930 g/mol. The van der Waals surface area contributed by atoms with E-state index in [4.69, 9.17) is 0 Å². The lowest BCUT2D eigenvalue weighted by atomic mass is 9.99. The second kappa shape index (κ2) is 56.4. The quantitative estimate of drug-likeness (QED) is 0.0361. The smallest absolute Gasteiger partial charge is 0.220 e. The van der Waals surface area contributed by atoms with Gasteiger partial charge in [0.05, 0.1) is 18.8 Å². The molecular weight excluding hydrogens is 811 g/mol. The zero-order chi connectivity index (χ0) is 47.9. The molecule has 0 heterocycles. The Hall–Kier alpha value is -1.17. The third kappa shape index (κ3) is 50.7. The minimum absolute atomic E-state index is 0.139. The van der Waals surface area contributed by atoms with E-state index in [9.17, 15) is 20.1 Å². The zero-order valence-electron chi connectivity index (χ0n) is 44.9. The topological polar surface area (TPSA) is 89.8 Å². The number of carbonyl (C=O) groups is 1. The second-order valence-corrected chi connectivity index (χ2v) is 20.9. The minimum atomic E-state index is -1.13. The van der Waals surface area contributed by atoms with Crippen molar-refractivity contribution < 1.29 is 20.1 Å². The predicted octanol–water partition coefficient (Wildman–Crippen LogP) is 18.8. The van der Waals surface area contributed by atoms with Crippen LogP contribution in [0.5, 0.6) is 0 Å². The standard InChI is InChI=1S/C61H119NO4/c1-3-5-7-9-11-13-15-17-19-21-23-24-25-26-27-28-29-30-31-32-33-34-35-36-38-40-42-44-46-48-50-52-54-56-60(65)62-58(57-63)61(66)59(64)55-53-51-49-47-45-43-41-39-37-22-20-18-16-14-12-10-8-6-4-2/h23-24,26-27,58-59,61,63-64,66H,3-22,25,28-57H2,1-2H3,(H,62,65)/b24-23-,27-26-. The van der Waals surface area contributed by atoms with Gasteiger partial charge < -0.3 is 20.6 Å². The fraction of sp³-hybridized carbons (Fsp3) is 0.918. The summed E-state index contributed by atoms with van der Waals surface area (Å²) in [5.41, 5.74) is 0. The number of unbranched alkanes of at least 4 members (excludes halogenated alkanes) is 44. The molecule has 4 N–H and O–H groups in total. The predicted molar refractivity (Wildman–Crippen MR) is 292 cm³/mol. The molecule has 0 aliphatic carbocycles. The Morgan fingerprint density at radius 3 is 0.955 bits per heavy atom. The van der Waals surface area contributed by atoms with Crippen LogP contribution in [0.1, 0.15) is 335 Å². The van der Waals surface area contributed by atoms with Crippen molar-refractivity contribution in [2.45, 2.75) is 353 Å². The van der Waals surface area contributed by atoms with Gasteiger partial charge in [-0.1, -0.05) is 308 Å². The van der Waals surface area contributed by atoms with E-state index in [-0.39, 0.29) is 12.5 Å². The first-order valence-corrected chi connectivity index (χ1v) is 30.1. The fourth-order valence-corrected chi connectivity index (χ4v) is 9.67. The molecule has 0 aromatic rings. The van der Waals surface area contributed by atoms with E-state index in [2.05, 4.69) is 43.5 Å². The highest BCUT2D eigenvalue weighted by Crippen LogP contribution is 2.18. The van der Waals surface area contributed by atoms with Crippen molar-refractivity contribution in [3.63, 3.8) is 0 Å². The van der Waals surface area contributed by atoms with E-state index in [0.717, 1.165) is 38.5 Å². The molecule has 66 heavy (non-hydrogen) atoms. The molecule has 5 heteroatoms. The summed E-state index contributed by atoms with van der Waals surface area (Å²) in [6, 6.07) is -0.808. The van der Waals surface area contributed by atoms with Crippen molar-refractivity contribution >= 4 is 5.91 Å². The molecule has 3 unspecified atom stereocenters. The van der Waals surface area contributed by atoms with Crippen LogP contribution in [0.25, 0.3) is 0 Å². The summed E-state index contributed by atoms with van der Waals surface area (Å²) in [6.45, 7) is 4.22. The van der Waals surface area contributed by atoms with Crippen molar-refractivity contribution in [2.24, 2.45) is 0 Å². The van der Waals surface area contributed by atoms with Crippen molar-refractivity contribution in [3.05, 3.63) is 24.3 Å². The number of nitrogens with one attached hydrogen (secondary N) is 1. The highest BCUT2D eigenvalue weighted by Gasteiger charge is 2.26. The maximum atomic E-state index is 12.5. The van der Waals surface area contributed by atoms with E-state index < -0.39 is 18.2 Å². The van der Waals surface area contributed by atoms with E-state index in [1.54, 1.807) is 0 Å². The second-order valence-electron chi connectivity index (χ2n) is 20.9. The van der Waals surface area contributed by atoms with Gasteiger partial charge in [-0.15, -0.1) is 0 Å². The van der Waals surface area contributed by atoms with Crippen LogP contribution in [0.4, 0.5) is 0 Å². The molecule has 0 bridgehead atoms. The van der Waals surface area contributed by atoms with Gasteiger partial charge in [0, 0.05) is 6.42 Å². The molecule has 0 rings (SSSR count). The van der Waals surface area contributed by atoms with Gasteiger partial charge in [0.15, 0.2) is 0 Å². The fourth-order valence-electron chi connectivity index (χ4n) is 9.67. The first-order chi connectivity index (χ1) is 32.6. The number of rotatable bonds is 56. The van der Waals surface area contributed by atoms with Crippen LogP contribution in [0, 0.1) is 0 Å². The van der Waals surface area contributed by atoms with Crippen LogP contribution in [0.15, 0.2) is 24.3 Å². The molecule has 0 saturated carbocycles. The van der Waals surface area contributed by atoms with E-state index in [0.29, 0.717) is 12.8 Å². The maximum absolute atomic E-state index is 12.5. The number of allylic oxidation sites excluding steroid dienone is 4. The van der Waals surface area contributed by atoms with Crippen LogP contribution < -0.4 is 5.32 Å². The van der Waals surface area contributed by atoms with Gasteiger partial charge in [-0.3, -0.25) is 4.79 Å². The lowest BCUT2D eigenvalue weighted by Crippen LogP contribution is -2.50. The van der Waals surface area contributed by atoms with Gasteiger partial charge in [-0.2, -0.15) is 0 Å². The third-order valence-corrected chi connectivity index (χ3v) is 14.3. The maximum Gasteiger partial charge on any atom is 0.220 e. The normalized spacial score (nSPS) is 13.3. The summed E-state index contributed by atoms with van der Waals surface area (Å²) in [4.78, 5) is 12.5. The summed E-state index contributed by atoms with van der Waals surface area (Å²) in [6.07, 6.45) is 72.0. The van der Waals surface area contributed by atoms with Crippen LogP contribution >= 0.6 is 0 Å². The van der Waals surface area contributed by atoms with Gasteiger partial charge in [0.1, 0.15) is 6.10 Å². The zero-order valence-corrected chi connectivity index (χ0v) is 44.9. The van der Waals surface area contributed by atoms with Crippen LogP contribution in [0.3, 0.4) is 0 Å². The number of aliphatic hydroxyl groups is 3. The molecule has 0 radical (unpaired) electrons. The molecule has 0 aliphatic rings. The molecule has 0 saturated heterocycles. The van der Waals surface area contributed by atoms with Crippen LogP contribution in [-0.2, 0) is 4.79 Å². The molecular formula is C61H119NO4. The Labute approximate surface area is 413 Å². The highest BCUT2D eigenvalue weighted by atomic mass is 16.3. The summed E-state index contributed by atoms with van der Waals surface area (Å²) in [5.74, 6) is -0.139. The largest absolute Gasteiger partial charge is 0.394 e. The Kier molecular flexibility index (Phi) is 55.4. The van der Waals surface area contributed by atoms with E-state index >= 15 is 0 Å². The number of hydrogen-bond acceptors (Lipinski definition) is 4. The Balaban J connectivity index is 3.49. The average Bonchev–Trinajstić information content (AvgIpc) is 3.32. The third-order valence-electron chi connectivity index (χ3n) is 14.3. The highest BCUT2D eigenvalue weighted by molar-refractivity contribution is 5.76. The van der Waals surface area contributed by atoms with Crippen molar-refractivity contribution in [2.75, 3.05) is 6.61 Å². The van der Waals surface area contributed by atoms with E-state index in [1.165, 1.54) is 270 Å². The first kappa shape index (κ1) is 64.8. The lowest BCUT2D eigenvalue weighted by Gasteiger charge is -2.26. The minimum Gasteiger partial charge on any atom is -0.394 e. The summed E-state index contributed by atoms with van der Waals surface area (Å²) >= 11 is 0. The molecule has 0 aromatic carbocycles. The van der Waals surface area contributed by atoms with Crippen molar-refractivity contribution in [1.29, 1.82) is 0 Å². The Morgan fingerprint density at radius 2 is 0.652 bits per heavy atom. The molecule has 1 amide bonds. The first-order valence-electron chi connectivity index (χ1n) is 30.1. The van der Waals surface area contributed by atoms with Crippen molar-refractivity contribution in [3.8, 4) is 0 Å². The molecule has 0 fully saturated rings. The van der Waals surface area contributed by atoms with E-state index in [1.807, 2.05) is 0 Å². The summed E-state index contributed by atoms with van der Waals surface area (Å²) < 4.78 is 0. The summed E-state index contributed by atoms with van der Waals surface area (Å²) in [7, 11) is 0. The van der Waals surface area contributed by atoms with Gasteiger partial charge >= 0.3 is 0 Å². The van der Waals surface area contributed by atoms with Gasteiger partial charge in [-0.25, -0.2) is 0 Å². The number of hydrogen-bond donors (Lipinski definition) is 4. The van der Waals surface area contributed by atoms with Crippen molar-refractivity contribution in [1.82, 2.24) is 5.32 Å². The van der Waals surface area contributed by atoms with Crippen LogP contribution in [0.2, 0.25) is 0 Å². The molecule has 5 nitrogen and oxygen atoms in total. The van der Waals surface area contributed by atoms with Gasteiger partial charge in [0.2, 0.25) is 5.91 Å². The molecule has 0 aromatic heterocycles. The van der Waals surface area contributed by atoms with Gasteiger partial charge in [0.25, 0.3) is 0 Å². The lowest BCUT2D eigenvalue weighted by molar-refractivity contribution is -0.124. The average molecular weight is 931 g/mol.